The molecule has 1 heterocycles. The van der Waals surface area contributed by atoms with Gasteiger partial charge in [-0.15, -0.1) is 10.2 Å². The van der Waals surface area contributed by atoms with Crippen molar-refractivity contribution in [3.05, 3.63) is 104 Å². The van der Waals surface area contributed by atoms with Crippen LogP contribution in [-0.4, -0.2) is 25.7 Å². The largest absolute Gasteiger partial charge is 0.331 e. The normalized spacial score (nSPS) is 10.8. The zero-order valence-corrected chi connectivity index (χ0v) is 21.3. The molecule has 0 aliphatic rings. The highest BCUT2D eigenvalue weighted by Gasteiger charge is 2.17. The Morgan fingerprint density at radius 3 is 2.53 bits per heavy atom. The fraction of sp³-hybridized carbons (Fsp3) is 0.125. The number of urea groups is 1. The summed E-state index contributed by atoms with van der Waals surface area (Å²) in [5.41, 5.74) is 3.33. The van der Waals surface area contributed by atoms with Crippen LogP contribution in [-0.2, 0) is 12.3 Å². The molecule has 2 amide bonds. The summed E-state index contributed by atoms with van der Waals surface area (Å²) in [4.78, 5) is 23.1. The van der Waals surface area contributed by atoms with Crippen molar-refractivity contribution in [2.75, 3.05) is 5.32 Å². The van der Waals surface area contributed by atoms with E-state index in [0.717, 1.165) is 11.1 Å². The van der Waals surface area contributed by atoms with Crippen LogP contribution >= 0.6 is 35.0 Å². The molecule has 0 bridgehead atoms. The lowest BCUT2D eigenvalue weighted by Crippen LogP contribution is -2.29. The molecule has 0 atom stereocenters. The molecule has 12 heteroatoms. The highest BCUT2D eigenvalue weighted by atomic mass is 35.5. The zero-order valence-electron chi connectivity index (χ0n) is 18.9. The number of hydrogen-bond donors (Lipinski definition) is 2. The Kier molecular flexibility index (Phi) is 8.09. The van der Waals surface area contributed by atoms with Gasteiger partial charge in [-0.25, -0.2) is 4.79 Å². The topological polar surface area (TPSA) is 115 Å². The molecule has 4 aromatic rings. The van der Waals surface area contributed by atoms with Crippen LogP contribution in [0.4, 0.5) is 16.2 Å². The molecule has 184 valence electrons. The molecule has 0 aliphatic carbocycles. The number of hydrogen-bond acceptors (Lipinski definition) is 6. The van der Waals surface area contributed by atoms with E-state index in [1.54, 1.807) is 28.8 Å². The first-order valence-electron chi connectivity index (χ1n) is 10.7. The number of rotatable bonds is 8. The predicted octanol–water partition coefficient (Wildman–Crippen LogP) is 6.40. The smallest absolute Gasteiger partial charge is 0.319 e. The van der Waals surface area contributed by atoms with Gasteiger partial charge in [-0.3, -0.25) is 14.7 Å². The first kappa shape index (κ1) is 25.5. The van der Waals surface area contributed by atoms with E-state index in [1.807, 2.05) is 31.2 Å². The van der Waals surface area contributed by atoms with Crippen LogP contribution in [0.25, 0.3) is 5.69 Å². The Bertz CT molecular complexity index is 1410. The molecule has 3 aromatic carbocycles. The fourth-order valence-corrected chi connectivity index (χ4v) is 4.82. The van der Waals surface area contributed by atoms with Crippen molar-refractivity contribution in [3.63, 3.8) is 0 Å². The molecule has 36 heavy (non-hydrogen) atoms. The SMILES string of the molecule is Cc1ccccc1CSc1nnc(CNC(=O)Nc2ccc(Cl)cc2Cl)n1-c1ccc([N+](=O)[O-])cc1. The van der Waals surface area contributed by atoms with Crippen molar-refractivity contribution in [1.82, 2.24) is 20.1 Å². The number of nitrogens with zero attached hydrogens (tertiary/aromatic N) is 4. The van der Waals surface area contributed by atoms with Crippen LogP contribution in [0.3, 0.4) is 0 Å². The molecular formula is C24H20Cl2N6O3S. The standard InChI is InChI=1S/C24H20Cl2N6O3S/c1-15-4-2-3-5-16(15)14-36-24-30-29-22(31(24)18-7-9-19(10-8-18)32(34)35)13-27-23(33)28-21-11-6-17(25)12-20(21)26/h2-12H,13-14H2,1H3,(H2,27,28,33). The van der Waals surface area contributed by atoms with Crippen molar-refractivity contribution in [3.8, 4) is 5.69 Å². The minimum Gasteiger partial charge on any atom is -0.331 e. The maximum Gasteiger partial charge on any atom is 0.319 e. The highest BCUT2D eigenvalue weighted by Crippen LogP contribution is 2.28. The number of nitro benzene ring substituents is 1. The van der Waals surface area contributed by atoms with Gasteiger partial charge in [0.05, 0.1) is 22.2 Å². The summed E-state index contributed by atoms with van der Waals surface area (Å²) in [5, 5.41) is 26.4. The van der Waals surface area contributed by atoms with E-state index in [1.165, 1.54) is 30.0 Å². The Labute approximate surface area is 221 Å². The van der Waals surface area contributed by atoms with E-state index in [-0.39, 0.29) is 12.2 Å². The molecule has 0 unspecified atom stereocenters. The summed E-state index contributed by atoms with van der Waals surface area (Å²) >= 11 is 13.5. The fourth-order valence-electron chi connectivity index (χ4n) is 3.32. The van der Waals surface area contributed by atoms with Gasteiger partial charge in [-0.05, 0) is 48.4 Å². The third kappa shape index (κ3) is 6.14. The Morgan fingerprint density at radius 1 is 1.08 bits per heavy atom. The van der Waals surface area contributed by atoms with E-state index in [0.29, 0.717) is 38.2 Å². The van der Waals surface area contributed by atoms with Crippen molar-refractivity contribution in [2.45, 2.75) is 24.4 Å². The van der Waals surface area contributed by atoms with E-state index in [4.69, 9.17) is 23.2 Å². The Morgan fingerprint density at radius 2 is 1.83 bits per heavy atom. The summed E-state index contributed by atoms with van der Waals surface area (Å²) in [6, 6.07) is 18.4. The highest BCUT2D eigenvalue weighted by molar-refractivity contribution is 7.98. The minimum atomic E-state index is -0.494. The summed E-state index contributed by atoms with van der Waals surface area (Å²) in [5.74, 6) is 1.11. The first-order chi connectivity index (χ1) is 17.3. The third-order valence-corrected chi connectivity index (χ3v) is 6.75. The number of anilines is 1. The minimum absolute atomic E-state index is 0.0279. The molecule has 0 saturated carbocycles. The van der Waals surface area contributed by atoms with Crippen molar-refractivity contribution in [2.24, 2.45) is 0 Å². The number of carbonyl (C=O) groups excluding carboxylic acids is 1. The van der Waals surface area contributed by atoms with Crippen LogP contribution in [0, 0.1) is 17.0 Å². The van der Waals surface area contributed by atoms with E-state index in [9.17, 15) is 14.9 Å². The number of thioether (sulfide) groups is 1. The summed E-state index contributed by atoms with van der Waals surface area (Å²) in [6.07, 6.45) is 0. The molecule has 4 rings (SSSR count). The quantitative estimate of drug-likeness (QED) is 0.151. The molecule has 0 fully saturated rings. The lowest BCUT2D eigenvalue weighted by Gasteiger charge is -2.12. The number of aryl methyl sites for hydroxylation is 1. The van der Waals surface area contributed by atoms with Gasteiger partial charge in [0.15, 0.2) is 11.0 Å². The van der Waals surface area contributed by atoms with Crippen LogP contribution in [0.15, 0.2) is 71.9 Å². The molecule has 0 spiro atoms. The number of halogens is 2. The Balaban J connectivity index is 1.55. The monoisotopic (exact) mass is 542 g/mol. The second kappa shape index (κ2) is 11.4. The van der Waals surface area contributed by atoms with E-state index in [2.05, 4.69) is 20.8 Å². The van der Waals surface area contributed by atoms with Gasteiger partial charge in [0, 0.05) is 28.6 Å². The molecule has 9 nitrogen and oxygen atoms in total. The van der Waals surface area contributed by atoms with Crippen molar-refractivity contribution >= 4 is 52.4 Å². The van der Waals surface area contributed by atoms with E-state index < -0.39 is 11.0 Å². The first-order valence-corrected chi connectivity index (χ1v) is 12.4. The van der Waals surface area contributed by atoms with Gasteiger partial charge in [-0.2, -0.15) is 0 Å². The molecule has 1 aromatic heterocycles. The lowest BCUT2D eigenvalue weighted by atomic mass is 10.1. The van der Waals surface area contributed by atoms with Gasteiger partial charge >= 0.3 is 6.03 Å². The molecule has 0 aliphatic heterocycles. The number of benzene rings is 3. The van der Waals surface area contributed by atoms with Crippen LogP contribution in [0.2, 0.25) is 10.0 Å². The van der Waals surface area contributed by atoms with Gasteiger partial charge in [0.2, 0.25) is 0 Å². The van der Waals surface area contributed by atoms with Gasteiger partial charge in [-0.1, -0.05) is 59.2 Å². The summed E-state index contributed by atoms with van der Waals surface area (Å²) < 4.78 is 1.77. The van der Waals surface area contributed by atoms with Crippen LogP contribution in [0.5, 0.6) is 0 Å². The summed E-state index contributed by atoms with van der Waals surface area (Å²) in [7, 11) is 0. The zero-order chi connectivity index (χ0) is 25.7. The van der Waals surface area contributed by atoms with Gasteiger partial charge in [0.25, 0.3) is 5.69 Å². The second-order valence-electron chi connectivity index (χ2n) is 7.65. The number of amides is 2. The van der Waals surface area contributed by atoms with Crippen LogP contribution < -0.4 is 10.6 Å². The van der Waals surface area contributed by atoms with Crippen molar-refractivity contribution in [1.29, 1.82) is 0 Å². The third-order valence-electron chi connectivity index (χ3n) is 5.22. The number of nitrogens with one attached hydrogen (secondary N) is 2. The molecule has 0 saturated heterocycles. The average molecular weight is 543 g/mol. The Hall–Kier alpha value is -3.60. The van der Waals surface area contributed by atoms with Crippen molar-refractivity contribution < 1.29 is 9.72 Å². The maximum atomic E-state index is 12.5. The van der Waals surface area contributed by atoms with Gasteiger partial charge in [0.1, 0.15) is 0 Å². The number of aromatic nitrogens is 3. The average Bonchev–Trinajstić information content (AvgIpc) is 3.27. The number of carbonyl (C=O) groups is 1. The van der Waals surface area contributed by atoms with Crippen LogP contribution in [0.1, 0.15) is 17.0 Å². The maximum absolute atomic E-state index is 12.5. The number of non-ortho nitro benzene ring substituents is 1. The predicted molar refractivity (Wildman–Crippen MR) is 141 cm³/mol. The second-order valence-corrected chi connectivity index (χ2v) is 9.44. The summed E-state index contributed by atoms with van der Waals surface area (Å²) in [6.45, 7) is 2.09. The lowest BCUT2D eigenvalue weighted by molar-refractivity contribution is -0.384. The van der Waals surface area contributed by atoms with Gasteiger partial charge < -0.3 is 10.6 Å². The molecular weight excluding hydrogens is 523 g/mol. The molecule has 2 N–H and O–H groups in total. The van der Waals surface area contributed by atoms with E-state index >= 15 is 0 Å². The number of nitro groups is 1. The molecule has 0 radical (unpaired) electrons.